The van der Waals surface area contributed by atoms with Crippen LogP contribution in [0.4, 0.5) is 0 Å². The van der Waals surface area contributed by atoms with Crippen LogP contribution < -0.4 is 0 Å². The number of hydrogen-bond acceptors (Lipinski definition) is 4. The van der Waals surface area contributed by atoms with E-state index < -0.39 is 12.0 Å². The molecule has 0 fully saturated rings. The van der Waals surface area contributed by atoms with Crippen molar-refractivity contribution >= 4 is 37.5 Å². The Morgan fingerprint density at radius 3 is 2.96 bits per heavy atom. The highest BCUT2D eigenvalue weighted by Gasteiger charge is 2.35. The van der Waals surface area contributed by atoms with Gasteiger partial charge in [-0.1, -0.05) is 36.4 Å². The molecule has 26 heavy (non-hydrogen) atoms. The molecule has 0 bridgehead atoms. The van der Waals surface area contributed by atoms with Gasteiger partial charge in [-0.15, -0.1) is 11.3 Å². The van der Waals surface area contributed by atoms with Gasteiger partial charge in [0.1, 0.15) is 0 Å². The molecule has 0 saturated carbocycles. The normalized spacial score (nSPS) is 17.6. The first kappa shape index (κ1) is 15.5. The van der Waals surface area contributed by atoms with Crippen LogP contribution in [0.2, 0.25) is 0 Å². The molecule has 1 aliphatic rings. The fourth-order valence-electron chi connectivity index (χ4n) is 3.92. The zero-order valence-electron chi connectivity index (χ0n) is 14.0. The zero-order valence-corrected chi connectivity index (χ0v) is 14.8. The van der Waals surface area contributed by atoms with Gasteiger partial charge < -0.3 is 10.1 Å². The second-order valence-electron chi connectivity index (χ2n) is 6.62. The van der Waals surface area contributed by atoms with Crippen molar-refractivity contribution in [3.63, 3.8) is 0 Å². The molecule has 2 N–H and O–H groups in total. The van der Waals surface area contributed by atoms with Crippen LogP contribution in [-0.2, 0) is 17.8 Å². The Hall–Kier alpha value is -2.70. The number of rotatable bonds is 3. The van der Waals surface area contributed by atoms with E-state index in [-0.39, 0.29) is 0 Å². The predicted molar refractivity (Wildman–Crippen MR) is 102 cm³/mol. The number of H-pyrrole nitrogens is 1. The maximum atomic E-state index is 11.9. The highest BCUT2D eigenvalue weighted by Crippen LogP contribution is 2.37. The van der Waals surface area contributed by atoms with Gasteiger partial charge in [0, 0.05) is 45.4 Å². The lowest BCUT2D eigenvalue weighted by molar-refractivity contribution is -0.144. The van der Waals surface area contributed by atoms with Crippen LogP contribution in [0.5, 0.6) is 0 Å². The molecule has 0 aliphatic carbocycles. The van der Waals surface area contributed by atoms with E-state index in [1.807, 2.05) is 4.90 Å². The molecule has 6 heteroatoms. The number of benzene rings is 2. The monoisotopic (exact) mass is 363 g/mol. The molecular formula is C20H17N3O2S. The summed E-state index contributed by atoms with van der Waals surface area (Å²) in [5.74, 6) is -0.846. The van der Waals surface area contributed by atoms with E-state index in [0.717, 1.165) is 12.1 Å². The van der Waals surface area contributed by atoms with Gasteiger partial charge in [-0.05, 0) is 11.6 Å². The van der Waals surface area contributed by atoms with Gasteiger partial charge in [-0.3, -0.25) is 9.69 Å². The molecule has 0 saturated heterocycles. The number of imidazole rings is 1. The van der Waals surface area contributed by atoms with Gasteiger partial charge in [-0.2, -0.15) is 0 Å². The Kier molecular flexibility index (Phi) is 3.55. The van der Waals surface area contributed by atoms with Crippen LogP contribution in [0.3, 0.4) is 0 Å². The molecule has 0 amide bonds. The molecule has 2 aromatic carbocycles. The van der Waals surface area contributed by atoms with Crippen LogP contribution >= 0.6 is 11.3 Å². The van der Waals surface area contributed by atoms with Gasteiger partial charge in [0.15, 0.2) is 6.04 Å². The lowest BCUT2D eigenvalue weighted by atomic mass is 10.0. The number of nitrogens with zero attached hydrogens (tertiary/aromatic N) is 2. The third-order valence-electron chi connectivity index (χ3n) is 5.12. The molecule has 5 nitrogen and oxygen atoms in total. The minimum Gasteiger partial charge on any atom is -0.480 e. The van der Waals surface area contributed by atoms with Crippen molar-refractivity contribution in [2.75, 3.05) is 6.54 Å². The van der Waals surface area contributed by atoms with Crippen LogP contribution in [0.15, 0.2) is 48.8 Å². The van der Waals surface area contributed by atoms with Crippen molar-refractivity contribution in [3.8, 4) is 0 Å². The van der Waals surface area contributed by atoms with Crippen LogP contribution in [0.25, 0.3) is 20.2 Å². The Labute approximate surface area is 153 Å². The zero-order chi connectivity index (χ0) is 17.7. The summed E-state index contributed by atoms with van der Waals surface area (Å²) < 4.78 is 2.50. The van der Waals surface area contributed by atoms with Gasteiger partial charge >= 0.3 is 5.97 Å². The van der Waals surface area contributed by atoms with Crippen LogP contribution in [0, 0.1) is 0 Å². The minimum atomic E-state index is -0.846. The molecule has 5 rings (SSSR count). The van der Waals surface area contributed by atoms with Gasteiger partial charge in [0.25, 0.3) is 0 Å². The molecular weight excluding hydrogens is 346 g/mol. The molecule has 1 aliphatic heterocycles. The molecule has 130 valence electrons. The summed E-state index contributed by atoms with van der Waals surface area (Å²) in [6.07, 6.45) is 2.39. The lowest BCUT2D eigenvalue weighted by Crippen LogP contribution is -2.39. The quantitative estimate of drug-likeness (QED) is 0.578. The fraction of sp³-hybridized carbons (Fsp3) is 0.200. The topological polar surface area (TPSA) is 69.2 Å². The number of hydrogen-bond donors (Lipinski definition) is 2. The Bertz CT molecular complexity index is 1130. The smallest absolute Gasteiger partial charge is 0.327 e. The number of aliphatic carboxylic acids is 1. The number of aromatic amines is 1. The lowest BCUT2D eigenvalue weighted by Gasteiger charge is -2.32. The van der Waals surface area contributed by atoms with Gasteiger partial charge in [0.2, 0.25) is 0 Å². The first-order valence-corrected chi connectivity index (χ1v) is 9.42. The number of carbonyl (C=O) groups is 1. The minimum absolute atomic E-state index is 0.605. The average Bonchev–Trinajstić information content (AvgIpc) is 3.26. The number of carboxylic acid groups (broad SMARTS) is 1. The standard InChI is InChI=1S/C20H17N3O2S/c24-20(25)18-17-15(21-11-22-17)8-9-23(18)10-12-4-3-6-14-13-5-1-2-7-16(13)26-19(12)14/h1-7,11,18H,8-10H2,(H,21,22)(H,24,25)/t18-/m1/s1. The van der Waals surface area contributed by atoms with E-state index in [0.29, 0.717) is 18.8 Å². The second-order valence-corrected chi connectivity index (χ2v) is 7.67. The largest absolute Gasteiger partial charge is 0.480 e. The molecule has 1 atom stereocenters. The van der Waals surface area contributed by atoms with Crippen molar-refractivity contribution in [3.05, 3.63) is 65.7 Å². The van der Waals surface area contributed by atoms with Gasteiger partial charge in [-0.25, -0.2) is 4.98 Å². The summed E-state index contributed by atoms with van der Waals surface area (Å²) in [5, 5.41) is 12.3. The Balaban J connectivity index is 1.58. The third-order valence-corrected chi connectivity index (χ3v) is 6.38. The fourth-order valence-corrected chi connectivity index (χ4v) is 5.12. The van der Waals surface area contributed by atoms with E-state index in [4.69, 9.17) is 0 Å². The summed E-state index contributed by atoms with van der Waals surface area (Å²) in [4.78, 5) is 21.3. The number of aromatic nitrogens is 2. The molecule has 4 aromatic rings. The molecule has 0 unspecified atom stereocenters. The highest BCUT2D eigenvalue weighted by molar-refractivity contribution is 7.26. The maximum Gasteiger partial charge on any atom is 0.327 e. The second kappa shape index (κ2) is 5.93. The van der Waals surface area contributed by atoms with Crippen LogP contribution in [0.1, 0.15) is 23.0 Å². The van der Waals surface area contributed by atoms with E-state index >= 15 is 0 Å². The SMILES string of the molecule is O=C(O)[C@H]1c2nc[nH]c2CCN1Cc1cccc2c1sc1ccccc12. The Morgan fingerprint density at radius 1 is 1.23 bits per heavy atom. The van der Waals surface area contributed by atoms with E-state index in [9.17, 15) is 9.90 Å². The number of thiophene rings is 1. The van der Waals surface area contributed by atoms with E-state index in [1.165, 1.54) is 25.7 Å². The van der Waals surface area contributed by atoms with Crippen molar-refractivity contribution < 1.29 is 9.90 Å². The van der Waals surface area contributed by atoms with E-state index in [2.05, 4.69) is 52.4 Å². The predicted octanol–water partition coefficient (Wildman–Crippen LogP) is 3.96. The first-order valence-electron chi connectivity index (χ1n) is 8.60. The van der Waals surface area contributed by atoms with Gasteiger partial charge in [0.05, 0.1) is 12.0 Å². The molecule has 0 radical (unpaired) electrons. The molecule has 3 heterocycles. The number of carboxylic acids is 1. The summed E-state index contributed by atoms with van der Waals surface area (Å²) in [6, 6.07) is 14.0. The van der Waals surface area contributed by atoms with E-state index in [1.54, 1.807) is 17.7 Å². The van der Waals surface area contributed by atoms with Crippen molar-refractivity contribution in [1.82, 2.24) is 14.9 Å². The van der Waals surface area contributed by atoms with Crippen molar-refractivity contribution in [2.24, 2.45) is 0 Å². The summed E-state index contributed by atoms with van der Waals surface area (Å²) in [6.45, 7) is 1.31. The Morgan fingerprint density at radius 2 is 2.08 bits per heavy atom. The highest BCUT2D eigenvalue weighted by atomic mass is 32.1. The molecule has 2 aromatic heterocycles. The third kappa shape index (κ3) is 2.34. The van der Waals surface area contributed by atoms with Crippen molar-refractivity contribution in [2.45, 2.75) is 19.0 Å². The maximum absolute atomic E-state index is 11.9. The molecule has 0 spiro atoms. The number of fused-ring (bicyclic) bond motifs is 4. The van der Waals surface area contributed by atoms with Crippen molar-refractivity contribution in [1.29, 1.82) is 0 Å². The summed E-state index contributed by atoms with van der Waals surface area (Å²) in [7, 11) is 0. The van der Waals surface area contributed by atoms with Crippen LogP contribution in [-0.4, -0.2) is 32.5 Å². The number of nitrogens with one attached hydrogen (secondary N) is 1. The summed E-state index contributed by atoms with van der Waals surface area (Å²) >= 11 is 1.78. The summed E-state index contributed by atoms with van der Waals surface area (Å²) in [5.41, 5.74) is 2.76. The first-order chi connectivity index (χ1) is 12.7. The average molecular weight is 363 g/mol.